The van der Waals surface area contributed by atoms with Crippen LogP contribution in [-0.4, -0.2) is 48.3 Å². The number of nitrogens with zero attached hydrogens (tertiary/aromatic N) is 4. The Labute approximate surface area is 111 Å². The minimum atomic E-state index is -3.73. The number of anilines is 1. The van der Waals surface area contributed by atoms with Gasteiger partial charge in [-0.05, 0) is 6.92 Å². The lowest BCUT2D eigenvalue weighted by molar-refractivity contribution is 0.0311. The molecule has 0 spiro atoms. The molecule has 1 unspecified atom stereocenters. The van der Waals surface area contributed by atoms with Crippen molar-refractivity contribution in [3.63, 3.8) is 0 Å². The molecule has 19 heavy (non-hydrogen) atoms. The maximum Gasteiger partial charge on any atom is 0.248 e. The number of nitriles is 1. The van der Waals surface area contributed by atoms with E-state index in [1.165, 1.54) is 15.2 Å². The first-order chi connectivity index (χ1) is 8.98. The molecule has 0 aromatic carbocycles. The van der Waals surface area contributed by atoms with Gasteiger partial charge in [-0.25, -0.2) is 8.42 Å². The molecule has 0 saturated carbocycles. The van der Waals surface area contributed by atoms with Crippen molar-refractivity contribution in [2.75, 3.05) is 25.4 Å². The van der Waals surface area contributed by atoms with Crippen LogP contribution in [0.15, 0.2) is 11.1 Å². The summed E-state index contributed by atoms with van der Waals surface area (Å²) < 4.78 is 32.6. The zero-order chi connectivity index (χ0) is 14.0. The largest absolute Gasteiger partial charge is 0.381 e. The molecule has 1 aromatic rings. The van der Waals surface area contributed by atoms with Crippen LogP contribution in [0, 0.1) is 11.3 Å². The van der Waals surface area contributed by atoms with Crippen LogP contribution in [0.5, 0.6) is 0 Å². The van der Waals surface area contributed by atoms with E-state index in [2.05, 4.69) is 5.10 Å². The Hall–Kier alpha value is -1.63. The van der Waals surface area contributed by atoms with Crippen LogP contribution in [0.2, 0.25) is 0 Å². The molecule has 1 aliphatic rings. The summed E-state index contributed by atoms with van der Waals surface area (Å²) >= 11 is 0. The van der Waals surface area contributed by atoms with Crippen molar-refractivity contribution in [1.82, 2.24) is 14.1 Å². The Balaban J connectivity index is 2.31. The molecule has 1 saturated heterocycles. The number of morpholine rings is 1. The van der Waals surface area contributed by atoms with Gasteiger partial charge in [-0.1, -0.05) is 0 Å². The van der Waals surface area contributed by atoms with Gasteiger partial charge >= 0.3 is 0 Å². The Morgan fingerprint density at radius 1 is 1.68 bits per heavy atom. The molecule has 104 valence electrons. The van der Waals surface area contributed by atoms with Gasteiger partial charge in [0, 0.05) is 19.3 Å². The second kappa shape index (κ2) is 5.16. The monoisotopic (exact) mass is 285 g/mol. The number of hydrogen-bond donors (Lipinski definition) is 1. The van der Waals surface area contributed by atoms with E-state index in [4.69, 9.17) is 15.7 Å². The van der Waals surface area contributed by atoms with Crippen molar-refractivity contribution in [3.05, 3.63) is 6.20 Å². The van der Waals surface area contributed by atoms with Crippen molar-refractivity contribution < 1.29 is 13.2 Å². The standard InChI is InChI=1S/C10H15N5O3S/c1-2-14-7-9(10(12)13-14)19(16,17)15-3-4-18-8(5-11)6-15/h7-8H,2-4,6H2,1H3,(H2,12,13). The zero-order valence-electron chi connectivity index (χ0n) is 10.5. The highest BCUT2D eigenvalue weighted by Gasteiger charge is 2.33. The molecule has 0 bridgehead atoms. The van der Waals surface area contributed by atoms with Gasteiger partial charge in [-0.3, -0.25) is 4.68 Å². The highest BCUT2D eigenvalue weighted by molar-refractivity contribution is 7.89. The lowest BCUT2D eigenvalue weighted by Crippen LogP contribution is -2.45. The van der Waals surface area contributed by atoms with Crippen molar-refractivity contribution in [2.45, 2.75) is 24.5 Å². The minimum Gasteiger partial charge on any atom is -0.381 e. The lowest BCUT2D eigenvalue weighted by Gasteiger charge is -2.28. The van der Waals surface area contributed by atoms with Crippen LogP contribution >= 0.6 is 0 Å². The zero-order valence-corrected chi connectivity index (χ0v) is 11.3. The molecule has 0 radical (unpaired) electrons. The Morgan fingerprint density at radius 2 is 2.42 bits per heavy atom. The van der Waals surface area contributed by atoms with Gasteiger partial charge in [0.05, 0.1) is 19.2 Å². The molecular weight excluding hydrogens is 270 g/mol. The Kier molecular flexibility index (Phi) is 3.75. The van der Waals surface area contributed by atoms with Crippen LogP contribution in [0.3, 0.4) is 0 Å². The number of rotatable bonds is 3. The molecule has 1 fully saturated rings. The molecule has 8 nitrogen and oxygen atoms in total. The Bertz CT molecular complexity index is 603. The first-order valence-electron chi connectivity index (χ1n) is 5.83. The summed E-state index contributed by atoms with van der Waals surface area (Å²) in [5.41, 5.74) is 5.64. The summed E-state index contributed by atoms with van der Waals surface area (Å²) in [5, 5.41) is 12.7. The van der Waals surface area contributed by atoms with E-state index in [0.717, 1.165) is 0 Å². The third-order valence-electron chi connectivity index (χ3n) is 2.87. The topological polar surface area (TPSA) is 114 Å². The number of hydrogen-bond acceptors (Lipinski definition) is 6. The number of ether oxygens (including phenoxy) is 1. The van der Waals surface area contributed by atoms with Crippen LogP contribution in [0.25, 0.3) is 0 Å². The summed E-state index contributed by atoms with van der Waals surface area (Å²) in [4.78, 5) is -0.0204. The second-order valence-electron chi connectivity index (χ2n) is 4.09. The number of nitrogen functional groups attached to an aromatic ring is 1. The molecule has 2 N–H and O–H groups in total. The third kappa shape index (κ3) is 2.56. The van der Waals surface area contributed by atoms with E-state index in [0.29, 0.717) is 6.54 Å². The van der Waals surface area contributed by atoms with Crippen LogP contribution in [-0.2, 0) is 21.3 Å². The minimum absolute atomic E-state index is 0.00950. The maximum atomic E-state index is 12.4. The third-order valence-corrected chi connectivity index (χ3v) is 4.75. The highest BCUT2D eigenvalue weighted by atomic mass is 32.2. The molecule has 1 aliphatic heterocycles. The molecule has 1 aromatic heterocycles. The molecule has 9 heteroatoms. The van der Waals surface area contributed by atoms with Crippen LogP contribution in [0.1, 0.15) is 6.92 Å². The molecule has 2 rings (SSSR count). The predicted octanol–water partition coefficient (Wildman–Crippen LogP) is -0.602. The van der Waals surface area contributed by atoms with Crippen LogP contribution < -0.4 is 5.73 Å². The Morgan fingerprint density at radius 3 is 3.00 bits per heavy atom. The maximum absolute atomic E-state index is 12.4. The van der Waals surface area contributed by atoms with E-state index in [-0.39, 0.29) is 30.4 Å². The smallest absolute Gasteiger partial charge is 0.248 e. The number of sulfonamides is 1. The summed E-state index contributed by atoms with van der Waals surface area (Å²) in [7, 11) is -3.73. The number of aromatic nitrogens is 2. The van der Waals surface area contributed by atoms with Gasteiger partial charge in [-0.15, -0.1) is 0 Å². The SMILES string of the molecule is CCn1cc(S(=O)(=O)N2CCOC(C#N)C2)c(N)n1. The summed E-state index contributed by atoms with van der Waals surface area (Å²) in [6, 6.07) is 1.91. The van der Waals surface area contributed by atoms with Crippen molar-refractivity contribution in [2.24, 2.45) is 0 Å². The van der Waals surface area contributed by atoms with Gasteiger partial charge in [0.1, 0.15) is 4.90 Å². The first-order valence-corrected chi connectivity index (χ1v) is 7.27. The molecular formula is C10H15N5O3S. The van der Waals surface area contributed by atoms with Gasteiger partial charge in [-0.2, -0.15) is 14.7 Å². The van der Waals surface area contributed by atoms with Gasteiger partial charge in [0.15, 0.2) is 11.9 Å². The fourth-order valence-corrected chi connectivity index (χ4v) is 3.32. The fraction of sp³-hybridized carbons (Fsp3) is 0.600. The second-order valence-corrected chi connectivity index (χ2v) is 5.99. The van der Waals surface area contributed by atoms with Crippen molar-refractivity contribution >= 4 is 15.8 Å². The lowest BCUT2D eigenvalue weighted by atomic mass is 10.3. The van der Waals surface area contributed by atoms with Crippen molar-refractivity contribution in [3.8, 4) is 6.07 Å². The van der Waals surface area contributed by atoms with Crippen molar-refractivity contribution in [1.29, 1.82) is 5.26 Å². The van der Waals surface area contributed by atoms with E-state index in [9.17, 15) is 8.42 Å². The van der Waals surface area contributed by atoms with E-state index in [1.807, 2.05) is 13.0 Å². The average molecular weight is 285 g/mol. The van der Waals surface area contributed by atoms with E-state index < -0.39 is 16.1 Å². The van der Waals surface area contributed by atoms with Gasteiger partial charge < -0.3 is 10.5 Å². The first kappa shape index (κ1) is 13.8. The fourth-order valence-electron chi connectivity index (χ4n) is 1.84. The number of aryl methyl sites for hydroxylation is 1. The quantitative estimate of drug-likeness (QED) is 0.793. The molecule has 2 heterocycles. The summed E-state index contributed by atoms with van der Waals surface area (Å²) in [5.74, 6) is -0.0261. The van der Waals surface area contributed by atoms with Gasteiger partial charge in [0.2, 0.25) is 10.0 Å². The van der Waals surface area contributed by atoms with Crippen LogP contribution in [0.4, 0.5) is 5.82 Å². The normalized spacial score (nSPS) is 21.2. The molecule has 0 amide bonds. The number of nitrogens with two attached hydrogens (primary N) is 1. The molecule has 0 aliphatic carbocycles. The highest BCUT2D eigenvalue weighted by Crippen LogP contribution is 2.22. The van der Waals surface area contributed by atoms with E-state index >= 15 is 0 Å². The van der Waals surface area contributed by atoms with E-state index in [1.54, 1.807) is 0 Å². The summed E-state index contributed by atoms with van der Waals surface area (Å²) in [6.07, 6.45) is 0.660. The molecule has 1 atom stereocenters. The summed E-state index contributed by atoms with van der Waals surface area (Å²) in [6.45, 7) is 2.78. The average Bonchev–Trinajstić information content (AvgIpc) is 2.81. The van der Waals surface area contributed by atoms with Gasteiger partial charge in [0.25, 0.3) is 0 Å². The predicted molar refractivity (Wildman–Crippen MR) is 66.4 cm³/mol.